The van der Waals surface area contributed by atoms with E-state index in [9.17, 15) is 0 Å². The highest BCUT2D eigenvalue weighted by Gasteiger charge is 2.20. The predicted octanol–water partition coefficient (Wildman–Crippen LogP) is 1.93. The molecule has 0 heterocycles. The molecule has 1 saturated carbocycles. The van der Waals surface area contributed by atoms with Crippen LogP contribution < -0.4 is 5.32 Å². The van der Waals surface area contributed by atoms with Gasteiger partial charge in [-0.1, -0.05) is 26.2 Å². The van der Waals surface area contributed by atoms with Crippen molar-refractivity contribution in [3.63, 3.8) is 0 Å². The number of hydrogen-bond acceptors (Lipinski definition) is 2. The maximum Gasteiger partial charge on any atom is 0.0582 e. The van der Waals surface area contributed by atoms with Gasteiger partial charge in [-0.2, -0.15) is 0 Å². The number of rotatable bonds is 3. The number of aliphatic hydroxyl groups excluding tert-OH is 1. The molecular weight excluding hydrogens is 162 g/mol. The molecule has 1 fully saturated rings. The summed E-state index contributed by atoms with van der Waals surface area (Å²) in [5.41, 5.74) is 0. The fourth-order valence-corrected chi connectivity index (χ4v) is 2.16. The average molecular weight is 185 g/mol. The lowest BCUT2D eigenvalue weighted by atomic mass is 9.96. The molecule has 1 aliphatic rings. The largest absolute Gasteiger partial charge is 0.395 e. The van der Waals surface area contributed by atoms with E-state index in [0.717, 1.165) is 5.92 Å². The van der Waals surface area contributed by atoms with E-state index in [1.807, 2.05) is 0 Å². The topological polar surface area (TPSA) is 32.3 Å². The van der Waals surface area contributed by atoms with Gasteiger partial charge >= 0.3 is 0 Å². The second-order valence-corrected chi connectivity index (χ2v) is 4.47. The van der Waals surface area contributed by atoms with E-state index in [0.29, 0.717) is 6.04 Å². The average Bonchev–Trinajstić information content (AvgIpc) is 2.32. The van der Waals surface area contributed by atoms with E-state index in [1.54, 1.807) is 0 Å². The molecule has 0 amide bonds. The SMILES string of the molecule is CC(CO)NC1CCCCCC1C. The predicted molar refractivity (Wildman–Crippen MR) is 55.7 cm³/mol. The molecule has 2 N–H and O–H groups in total. The van der Waals surface area contributed by atoms with Gasteiger partial charge in [-0.3, -0.25) is 0 Å². The van der Waals surface area contributed by atoms with E-state index in [2.05, 4.69) is 19.2 Å². The van der Waals surface area contributed by atoms with Crippen molar-refractivity contribution >= 4 is 0 Å². The molecule has 0 aromatic carbocycles. The zero-order valence-corrected chi connectivity index (χ0v) is 8.92. The summed E-state index contributed by atoms with van der Waals surface area (Å²) >= 11 is 0. The molecule has 0 aromatic heterocycles. The molecule has 0 saturated heterocycles. The van der Waals surface area contributed by atoms with Gasteiger partial charge in [0.1, 0.15) is 0 Å². The summed E-state index contributed by atoms with van der Waals surface area (Å²) in [5, 5.41) is 12.5. The Labute approximate surface area is 81.7 Å². The van der Waals surface area contributed by atoms with Gasteiger partial charge in [-0.15, -0.1) is 0 Å². The third-order valence-corrected chi connectivity index (χ3v) is 3.13. The van der Waals surface area contributed by atoms with Gasteiger partial charge in [0.25, 0.3) is 0 Å². The van der Waals surface area contributed by atoms with Gasteiger partial charge in [0.15, 0.2) is 0 Å². The van der Waals surface area contributed by atoms with Gasteiger partial charge in [-0.05, 0) is 25.7 Å². The number of aliphatic hydroxyl groups is 1. The lowest BCUT2D eigenvalue weighted by Gasteiger charge is -2.25. The number of hydrogen-bond donors (Lipinski definition) is 2. The minimum atomic E-state index is 0.253. The van der Waals surface area contributed by atoms with Crippen LogP contribution in [-0.2, 0) is 0 Å². The highest BCUT2D eigenvalue weighted by Crippen LogP contribution is 2.23. The summed E-state index contributed by atoms with van der Waals surface area (Å²) in [6.45, 7) is 4.63. The highest BCUT2D eigenvalue weighted by atomic mass is 16.3. The van der Waals surface area contributed by atoms with Crippen LogP contribution in [0.5, 0.6) is 0 Å². The first-order valence-electron chi connectivity index (χ1n) is 5.61. The molecule has 13 heavy (non-hydrogen) atoms. The first-order valence-corrected chi connectivity index (χ1v) is 5.61. The Bertz CT molecular complexity index is 138. The lowest BCUT2D eigenvalue weighted by Crippen LogP contribution is -2.41. The van der Waals surface area contributed by atoms with E-state index >= 15 is 0 Å². The molecule has 3 unspecified atom stereocenters. The van der Waals surface area contributed by atoms with Gasteiger partial charge in [-0.25, -0.2) is 0 Å². The van der Waals surface area contributed by atoms with Crippen molar-refractivity contribution in [2.24, 2.45) is 5.92 Å². The summed E-state index contributed by atoms with van der Waals surface area (Å²) in [6.07, 6.45) is 6.74. The number of nitrogens with one attached hydrogen (secondary N) is 1. The van der Waals surface area contributed by atoms with Crippen molar-refractivity contribution in [1.29, 1.82) is 0 Å². The van der Waals surface area contributed by atoms with Gasteiger partial charge in [0.2, 0.25) is 0 Å². The van der Waals surface area contributed by atoms with Crippen molar-refractivity contribution < 1.29 is 5.11 Å². The molecule has 2 nitrogen and oxygen atoms in total. The Kier molecular flexibility index (Phi) is 4.74. The molecular formula is C11H23NO. The van der Waals surface area contributed by atoms with E-state index in [1.165, 1.54) is 32.1 Å². The third kappa shape index (κ3) is 3.65. The van der Waals surface area contributed by atoms with Crippen LogP contribution in [0.4, 0.5) is 0 Å². The Balaban J connectivity index is 2.35. The van der Waals surface area contributed by atoms with Crippen molar-refractivity contribution in [2.75, 3.05) is 6.61 Å². The van der Waals surface area contributed by atoms with Crippen LogP contribution in [0.2, 0.25) is 0 Å². The zero-order valence-electron chi connectivity index (χ0n) is 8.92. The smallest absolute Gasteiger partial charge is 0.0582 e. The third-order valence-electron chi connectivity index (χ3n) is 3.13. The quantitative estimate of drug-likeness (QED) is 0.658. The van der Waals surface area contributed by atoms with Crippen molar-refractivity contribution in [2.45, 2.75) is 58.0 Å². The molecule has 1 aliphatic carbocycles. The Morgan fingerprint density at radius 2 is 2.00 bits per heavy atom. The first kappa shape index (κ1) is 11.0. The lowest BCUT2D eigenvalue weighted by molar-refractivity contribution is 0.222. The molecule has 0 radical (unpaired) electrons. The first-order chi connectivity index (χ1) is 6.24. The Morgan fingerprint density at radius 1 is 1.31 bits per heavy atom. The normalized spacial score (nSPS) is 32.5. The van der Waals surface area contributed by atoms with Crippen LogP contribution in [-0.4, -0.2) is 23.8 Å². The van der Waals surface area contributed by atoms with E-state index < -0.39 is 0 Å². The van der Waals surface area contributed by atoms with Crippen LogP contribution in [0.15, 0.2) is 0 Å². The molecule has 0 aromatic rings. The summed E-state index contributed by atoms with van der Waals surface area (Å²) < 4.78 is 0. The molecule has 1 rings (SSSR count). The van der Waals surface area contributed by atoms with Gasteiger partial charge in [0.05, 0.1) is 6.61 Å². The summed E-state index contributed by atoms with van der Waals surface area (Å²) in [6, 6.07) is 0.884. The van der Waals surface area contributed by atoms with Gasteiger partial charge in [0, 0.05) is 12.1 Å². The zero-order chi connectivity index (χ0) is 9.68. The van der Waals surface area contributed by atoms with Crippen LogP contribution in [0.25, 0.3) is 0 Å². The van der Waals surface area contributed by atoms with Crippen molar-refractivity contribution in [1.82, 2.24) is 5.32 Å². The van der Waals surface area contributed by atoms with E-state index in [4.69, 9.17) is 5.11 Å². The van der Waals surface area contributed by atoms with Crippen LogP contribution in [0.1, 0.15) is 46.0 Å². The Morgan fingerprint density at radius 3 is 2.69 bits per heavy atom. The standard InChI is InChI=1S/C11H23NO/c1-9-6-4-3-5-7-11(9)12-10(2)8-13/h9-13H,3-8H2,1-2H3. The van der Waals surface area contributed by atoms with Crippen LogP contribution in [0.3, 0.4) is 0 Å². The second-order valence-electron chi connectivity index (χ2n) is 4.47. The molecule has 78 valence electrons. The van der Waals surface area contributed by atoms with E-state index in [-0.39, 0.29) is 12.6 Å². The molecule has 0 spiro atoms. The highest BCUT2D eigenvalue weighted by molar-refractivity contribution is 4.78. The maximum atomic E-state index is 8.96. The second kappa shape index (κ2) is 5.61. The minimum Gasteiger partial charge on any atom is -0.395 e. The molecule has 3 atom stereocenters. The maximum absolute atomic E-state index is 8.96. The summed E-state index contributed by atoms with van der Waals surface area (Å²) in [7, 11) is 0. The van der Waals surface area contributed by atoms with Crippen molar-refractivity contribution in [3.05, 3.63) is 0 Å². The van der Waals surface area contributed by atoms with Crippen LogP contribution >= 0.6 is 0 Å². The fraction of sp³-hybridized carbons (Fsp3) is 1.00. The fourth-order valence-electron chi connectivity index (χ4n) is 2.16. The minimum absolute atomic E-state index is 0.253. The van der Waals surface area contributed by atoms with Crippen molar-refractivity contribution in [3.8, 4) is 0 Å². The van der Waals surface area contributed by atoms with Gasteiger partial charge < -0.3 is 10.4 Å². The monoisotopic (exact) mass is 185 g/mol. The molecule has 2 heteroatoms. The molecule has 0 aliphatic heterocycles. The summed E-state index contributed by atoms with van der Waals surface area (Å²) in [5.74, 6) is 0.775. The van der Waals surface area contributed by atoms with Crippen LogP contribution in [0, 0.1) is 5.92 Å². The molecule has 0 bridgehead atoms. The Hall–Kier alpha value is -0.0800. The summed E-state index contributed by atoms with van der Waals surface area (Å²) in [4.78, 5) is 0.